The van der Waals surface area contributed by atoms with Crippen LogP contribution in [0, 0.1) is 5.92 Å². The van der Waals surface area contributed by atoms with Gasteiger partial charge < -0.3 is 33.8 Å². The monoisotopic (exact) mass is 1380 g/mol. The summed E-state index contributed by atoms with van der Waals surface area (Å²) >= 11 is 0. The second kappa shape index (κ2) is 67.7. The van der Waals surface area contributed by atoms with Gasteiger partial charge in [-0.2, -0.15) is 0 Å². The van der Waals surface area contributed by atoms with Crippen LogP contribution in [0.1, 0.15) is 369 Å². The van der Waals surface area contributed by atoms with Crippen molar-refractivity contribution in [1.29, 1.82) is 0 Å². The zero-order valence-electron chi connectivity index (χ0n) is 60.6. The van der Waals surface area contributed by atoms with Crippen LogP contribution < -0.4 is 0 Å². The summed E-state index contributed by atoms with van der Waals surface area (Å²) in [5, 5.41) is 10.6. The molecule has 0 aromatic rings. The number of aliphatic hydroxyl groups is 1. The lowest BCUT2D eigenvalue weighted by Crippen LogP contribution is -2.30. The molecule has 6 atom stereocenters. The lowest BCUT2D eigenvalue weighted by Gasteiger charge is -2.21. The summed E-state index contributed by atoms with van der Waals surface area (Å²) in [6.07, 6.45) is 58.9. The lowest BCUT2D eigenvalue weighted by molar-refractivity contribution is -0.161. The number of carbonyl (C=O) groups is 4. The van der Waals surface area contributed by atoms with Gasteiger partial charge >= 0.3 is 39.5 Å². The third-order valence-corrected chi connectivity index (χ3v) is 19.2. The molecule has 0 saturated heterocycles. The molecule has 554 valence electrons. The summed E-state index contributed by atoms with van der Waals surface area (Å²) in [6.45, 7) is 7.25. The van der Waals surface area contributed by atoms with E-state index in [2.05, 4.69) is 58.9 Å². The predicted octanol–water partition coefficient (Wildman–Crippen LogP) is 21.6. The smallest absolute Gasteiger partial charge is 0.462 e. The molecule has 19 heteroatoms. The number of hydrogen-bond donors (Lipinski definition) is 3. The lowest BCUT2D eigenvalue weighted by atomic mass is 9.99. The molecule has 0 aromatic carbocycles. The average Bonchev–Trinajstić information content (AvgIpc) is 2.60. The van der Waals surface area contributed by atoms with Crippen LogP contribution in [-0.2, 0) is 65.4 Å². The minimum absolute atomic E-state index is 0.101. The molecule has 17 nitrogen and oxygen atoms in total. The summed E-state index contributed by atoms with van der Waals surface area (Å²) in [5.74, 6) is -1.30. The van der Waals surface area contributed by atoms with E-state index in [0.717, 1.165) is 115 Å². The third-order valence-electron chi connectivity index (χ3n) is 17.3. The van der Waals surface area contributed by atoms with Gasteiger partial charge in [-0.15, -0.1) is 0 Å². The van der Waals surface area contributed by atoms with Gasteiger partial charge in [0, 0.05) is 25.7 Å². The number of allylic oxidation sites excluding steroid dienone is 4. The first kappa shape index (κ1) is 91.5. The van der Waals surface area contributed by atoms with Gasteiger partial charge in [0.2, 0.25) is 0 Å². The molecule has 3 N–H and O–H groups in total. The number of carbonyl (C=O) groups excluding carboxylic acids is 4. The Morgan fingerprint density at radius 3 is 0.904 bits per heavy atom. The Morgan fingerprint density at radius 2 is 0.596 bits per heavy atom. The van der Waals surface area contributed by atoms with Crippen molar-refractivity contribution < 1.29 is 80.2 Å². The van der Waals surface area contributed by atoms with E-state index in [1.165, 1.54) is 173 Å². The molecule has 94 heavy (non-hydrogen) atoms. The van der Waals surface area contributed by atoms with Gasteiger partial charge in [0.1, 0.15) is 19.3 Å². The molecule has 0 aromatic heterocycles. The Labute approximate surface area is 573 Å². The Kier molecular flexibility index (Phi) is 65.9. The molecule has 0 aliphatic rings. The van der Waals surface area contributed by atoms with Crippen LogP contribution >= 0.6 is 15.6 Å². The molecule has 3 unspecified atom stereocenters. The van der Waals surface area contributed by atoms with Gasteiger partial charge in [0.15, 0.2) is 12.2 Å². The molecule has 0 aliphatic carbocycles. The maximum Gasteiger partial charge on any atom is 0.472 e. The zero-order chi connectivity index (χ0) is 69.1. The fourth-order valence-corrected chi connectivity index (χ4v) is 12.5. The van der Waals surface area contributed by atoms with Crippen molar-refractivity contribution in [3.05, 3.63) is 24.3 Å². The number of esters is 4. The van der Waals surface area contributed by atoms with Crippen molar-refractivity contribution in [3.63, 3.8) is 0 Å². The molecule has 0 rings (SSSR count). The topological polar surface area (TPSA) is 237 Å². The fraction of sp³-hybridized carbons (Fsp3) is 0.893. The molecular weight excluding hydrogens is 1230 g/mol. The molecule has 0 radical (unpaired) electrons. The zero-order valence-corrected chi connectivity index (χ0v) is 62.4. The summed E-state index contributed by atoms with van der Waals surface area (Å²) in [6, 6.07) is 0. The molecule has 0 aliphatic heterocycles. The second-order valence-electron chi connectivity index (χ2n) is 26.6. The number of phosphoric acid groups is 2. The van der Waals surface area contributed by atoms with E-state index in [1.54, 1.807) is 0 Å². The summed E-state index contributed by atoms with van der Waals surface area (Å²) < 4.78 is 68.4. The first-order valence-electron chi connectivity index (χ1n) is 38.5. The van der Waals surface area contributed by atoms with Crippen molar-refractivity contribution in [1.82, 2.24) is 0 Å². The van der Waals surface area contributed by atoms with Crippen LogP contribution in [0.15, 0.2) is 24.3 Å². The SMILES string of the molecule is CCCCCC/C=C\C=C/CCCCCCCC(=O)OC[C@H](COP(=O)(O)OC[C@@H](O)COP(=O)(O)OC[C@@H](COC(=O)CCCCCCCCCCC)OC(=O)CCCCCCCCCCCCCC)OC(=O)CCCCCCCCCCCCCCCCC(C)CC. The number of unbranched alkanes of at least 4 members (excludes halogenated alkanes) is 41. The van der Waals surface area contributed by atoms with E-state index in [9.17, 15) is 43.2 Å². The highest BCUT2D eigenvalue weighted by Gasteiger charge is 2.30. The van der Waals surface area contributed by atoms with E-state index in [0.29, 0.717) is 25.7 Å². The second-order valence-corrected chi connectivity index (χ2v) is 29.5. The first-order chi connectivity index (χ1) is 45.6. The highest BCUT2D eigenvalue weighted by Crippen LogP contribution is 2.45. The molecule has 0 saturated carbocycles. The Balaban J connectivity index is 5.26. The molecule has 0 fully saturated rings. The summed E-state index contributed by atoms with van der Waals surface area (Å²) in [7, 11) is -9.92. The quantitative estimate of drug-likeness (QED) is 0.0169. The van der Waals surface area contributed by atoms with Crippen molar-refractivity contribution in [2.75, 3.05) is 39.6 Å². The molecule has 0 bridgehead atoms. The summed E-state index contributed by atoms with van der Waals surface area (Å²) in [4.78, 5) is 72.7. The van der Waals surface area contributed by atoms with Gasteiger partial charge in [-0.05, 0) is 57.3 Å². The Hall–Kier alpha value is -2.46. The van der Waals surface area contributed by atoms with Gasteiger partial charge in [-0.1, -0.05) is 316 Å². The van der Waals surface area contributed by atoms with E-state index in [-0.39, 0.29) is 25.7 Å². The van der Waals surface area contributed by atoms with Crippen LogP contribution in [0.25, 0.3) is 0 Å². The minimum Gasteiger partial charge on any atom is -0.462 e. The van der Waals surface area contributed by atoms with Crippen molar-refractivity contribution in [2.45, 2.75) is 387 Å². The molecule has 0 amide bonds. The standard InChI is InChI=1S/C75H142O17P2/c1-6-10-13-16-19-22-24-26-27-31-35-39-44-49-54-59-73(78)86-65-71(92-75(80)61-56-51-46-41-36-32-29-28-30-33-38-42-47-52-57-68(5)9-4)67-90-94(83,84)88-63-69(76)62-87-93(81,82)89-66-70(64-85-72(77)58-53-48-43-37-21-18-15-12-8-3)91-74(79)60-55-50-45-40-34-25-23-20-17-14-11-7-2/h22,24,26-27,68-71,76H,6-21,23,25,28-67H2,1-5H3,(H,81,82)(H,83,84)/b24-22-,27-26-/t68?,69-,70+,71+/m0/s1. The number of rotatable bonds is 73. The predicted molar refractivity (Wildman–Crippen MR) is 381 cm³/mol. The number of aliphatic hydroxyl groups excluding tert-OH is 1. The van der Waals surface area contributed by atoms with Gasteiger partial charge in [0.05, 0.1) is 26.4 Å². The molecule has 0 heterocycles. The van der Waals surface area contributed by atoms with E-state index in [4.69, 9.17) is 37.0 Å². The Morgan fingerprint density at radius 1 is 0.340 bits per heavy atom. The van der Waals surface area contributed by atoms with Crippen molar-refractivity contribution in [3.8, 4) is 0 Å². The Bertz CT molecular complexity index is 1900. The maximum atomic E-state index is 13.1. The highest BCUT2D eigenvalue weighted by molar-refractivity contribution is 7.47. The van der Waals surface area contributed by atoms with Crippen molar-refractivity contribution >= 4 is 39.5 Å². The van der Waals surface area contributed by atoms with Gasteiger partial charge in [-0.25, -0.2) is 9.13 Å². The van der Waals surface area contributed by atoms with Gasteiger partial charge in [-0.3, -0.25) is 37.3 Å². The maximum absolute atomic E-state index is 13.1. The normalized spacial score (nSPS) is 14.4. The minimum atomic E-state index is -4.96. The van der Waals surface area contributed by atoms with Crippen LogP contribution in [0.4, 0.5) is 0 Å². The average molecular weight is 1380 g/mol. The number of hydrogen-bond acceptors (Lipinski definition) is 15. The number of ether oxygens (including phenoxy) is 4. The number of phosphoric ester groups is 2. The largest absolute Gasteiger partial charge is 0.472 e. The van der Waals surface area contributed by atoms with E-state index >= 15 is 0 Å². The third kappa shape index (κ3) is 66.8. The van der Waals surface area contributed by atoms with Crippen LogP contribution in [-0.4, -0.2) is 96.7 Å². The first-order valence-corrected chi connectivity index (χ1v) is 41.5. The highest BCUT2D eigenvalue weighted by atomic mass is 31.2. The van der Waals surface area contributed by atoms with Crippen LogP contribution in [0.2, 0.25) is 0 Å². The fourth-order valence-electron chi connectivity index (χ4n) is 11.0. The van der Waals surface area contributed by atoms with Crippen LogP contribution in [0.3, 0.4) is 0 Å². The van der Waals surface area contributed by atoms with Crippen molar-refractivity contribution in [2.24, 2.45) is 5.92 Å². The molecular formula is C75H142O17P2. The molecule has 0 spiro atoms. The van der Waals surface area contributed by atoms with Gasteiger partial charge in [0.25, 0.3) is 0 Å². The van der Waals surface area contributed by atoms with E-state index in [1.807, 2.05) is 0 Å². The van der Waals surface area contributed by atoms with E-state index < -0.39 is 97.5 Å². The summed E-state index contributed by atoms with van der Waals surface area (Å²) in [5.41, 5.74) is 0. The van der Waals surface area contributed by atoms with Crippen LogP contribution in [0.5, 0.6) is 0 Å².